The van der Waals surface area contributed by atoms with Crippen LogP contribution in [0.5, 0.6) is 0 Å². The van der Waals surface area contributed by atoms with Crippen molar-refractivity contribution in [3.63, 3.8) is 0 Å². The lowest BCUT2D eigenvalue weighted by Gasteiger charge is -2.09. The Bertz CT molecular complexity index is 807. The summed E-state index contributed by atoms with van der Waals surface area (Å²) in [4.78, 5) is 11.9. The first-order chi connectivity index (χ1) is 11.2. The highest BCUT2D eigenvalue weighted by atomic mass is 35.5. The lowest BCUT2D eigenvalue weighted by atomic mass is 10.1. The molecule has 0 radical (unpaired) electrons. The Morgan fingerprint density at radius 1 is 1.17 bits per heavy atom. The van der Waals surface area contributed by atoms with Gasteiger partial charge in [-0.05, 0) is 35.9 Å². The van der Waals surface area contributed by atoms with Crippen molar-refractivity contribution in [3.05, 3.63) is 63.1 Å². The molecule has 3 N–H and O–H groups in total. The molecule has 0 spiro atoms. The summed E-state index contributed by atoms with van der Waals surface area (Å²) in [5.41, 5.74) is 7.24. The molecule has 0 aliphatic rings. The van der Waals surface area contributed by atoms with Crippen LogP contribution in [-0.4, -0.2) is 12.1 Å². The maximum absolute atomic E-state index is 12.8. The van der Waals surface area contributed by atoms with Gasteiger partial charge < -0.3 is 5.73 Å². The number of nitrogen functional groups attached to an aromatic ring is 1. The molecule has 0 aliphatic heterocycles. The molecule has 0 saturated carbocycles. The molecule has 2 aromatic carbocycles. The zero-order valence-corrected chi connectivity index (χ0v) is 13.4. The van der Waals surface area contributed by atoms with Crippen molar-refractivity contribution in [2.45, 2.75) is 6.18 Å². The molecule has 0 aliphatic carbocycles. The Kier molecular flexibility index (Phi) is 5.36. The second-order valence-corrected chi connectivity index (χ2v) is 5.51. The molecule has 0 bridgehead atoms. The van der Waals surface area contributed by atoms with Crippen LogP contribution in [0.2, 0.25) is 10.0 Å². The van der Waals surface area contributed by atoms with E-state index < -0.39 is 22.7 Å². The molecule has 0 heterocycles. The summed E-state index contributed by atoms with van der Waals surface area (Å²) in [6, 6.07) is 7.58. The Morgan fingerprint density at radius 2 is 1.88 bits per heavy atom. The van der Waals surface area contributed by atoms with Crippen LogP contribution in [0.15, 0.2) is 41.5 Å². The van der Waals surface area contributed by atoms with Crippen LogP contribution in [-0.2, 0) is 6.18 Å². The number of carbonyl (C=O) groups is 1. The SMILES string of the molecule is Nc1ccc(Cl)cc1C(=O)N/N=C\c1ccc(Cl)c(C(F)(F)F)c1. The van der Waals surface area contributed by atoms with Crippen molar-refractivity contribution in [1.82, 2.24) is 5.43 Å². The van der Waals surface area contributed by atoms with Crippen LogP contribution in [0.3, 0.4) is 0 Å². The maximum Gasteiger partial charge on any atom is 0.417 e. The Labute approximate surface area is 145 Å². The average molecular weight is 376 g/mol. The fraction of sp³-hybridized carbons (Fsp3) is 0.0667. The molecule has 9 heteroatoms. The van der Waals surface area contributed by atoms with Gasteiger partial charge in [0.2, 0.25) is 0 Å². The molecule has 0 aromatic heterocycles. The second-order valence-electron chi connectivity index (χ2n) is 4.67. The van der Waals surface area contributed by atoms with Crippen molar-refractivity contribution < 1.29 is 18.0 Å². The van der Waals surface area contributed by atoms with Crippen molar-refractivity contribution in [2.75, 3.05) is 5.73 Å². The molecular weight excluding hydrogens is 366 g/mol. The van der Waals surface area contributed by atoms with Gasteiger partial charge in [-0.25, -0.2) is 5.43 Å². The first-order valence-electron chi connectivity index (χ1n) is 6.43. The minimum Gasteiger partial charge on any atom is -0.398 e. The summed E-state index contributed by atoms with van der Waals surface area (Å²) in [6.45, 7) is 0. The summed E-state index contributed by atoms with van der Waals surface area (Å²) in [5.74, 6) is -0.642. The number of nitrogens with two attached hydrogens (primary N) is 1. The van der Waals surface area contributed by atoms with E-state index in [-0.39, 0.29) is 16.8 Å². The Morgan fingerprint density at radius 3 is 2.54 bits per heavy atom. The maximum atomic E-state index is 12.8. The van der Waals surface area contributed by atoms with Crippen LogP contribution >= 0.6 is 23.2 Å². The van der Waals surface area contributed by atoms with Gasteiger partial charge in [0.1, 0.15) is 0 Å². The van der Waals surface area contributed by atoms with Crippen molar-refractivity contribution in [2.24, 2.45) is 5.10 Å². The quantitative estimate of drug-likeness (QED) is 0.475. The predicted molar refractivity (Wildman–Crippen MR) is 87.4 cm³/mol. The molecule has 0 unspecified atom stereocenters. The van der Waals surface area contributed by atoms with Crippen molar-refractivity contribution >= 4 is 41.0 Å². The zero-order valence-electron chi connectivity index (χ0n) is 11.9. The highest BCUT2D eigenvalue weighted by molar-refractivity contribution is 6.31. The van der Waals surface area contributed by atoms with Gasteiger partial charge in [0.25, 0.3) is 5.91 Å². The molecule has 24 heavy (non-hydrogen) atoms. The number of nitrogens with zero attached hydrogens (tertiary/aromatic N) is 1. The molecule has 1 amide bonds. The summed E-state index contributed by atoms with van der Waals surface area (Å²) in [5, 5.41) is 3.50. The molecule has 126 valence electrons. The molecule has 0 saturated heterocycles. The van der Waals surface area contributed by atoms with E-state index in [1.54, 1.807) is 0 Å². The number of halogens is 5. The van der Waals surface area contributed by atoms with Gasteiger partial charge in [0.15, 0.2) is 0 Å². The second kappa shape index (κ2) is 7.11. The number of benzene rings is 2. The van der Waals surface area contributed by atoms with E-state index >= 15 is 0 Å². The normalized spacial score (nSPS) is 11.7. The predicted octanol–water partition coefficient (Wildman–Crippen LogP) is 4.36. The van der Waals surface area contributed by atoms with E-state index in [1.165, 1.54) is 24.3 Å². The van der Waals surface area contributed by atoms with E-state index in [1.807, 2.05) is 0 Å². The van der Waals surface area contributed by atoms with Crippen LogP contribution in [0.1, 0.15) is 21.5 Å². The number of nitrogens with one attached hydrogen (secondary N) is 1. The smallest absolute Gasteiger partial charge is 0.398 e. The zero-order chi connectivity index (χ0) is 17.9. The number of anilines is 1. The van der Waals surface area contributed by atoms with Crippen LogP contribution in [0.4, 0.5) is 18.9 Å². The summed E-state index contributed by atoms with van der Waals surface area (Å²) in [7, 11) is 0. The van der Waals surface area contributed by atoms with Gasteiger partial charge >= 0.3 is 6.18 Å². The monoisotopic (exact) mass is 375 g/mol. The van der Waals surface area contributed by atoms with Gasteiger partial charge in [0.05, 0.1) is 22.4 Å². The topological polar surface area (TPSA) is 67.5 Å². The number of hydrogen-bond acceptors (Lipinski definition) is 3. The van der Waals surface area contributed by atoms with E-state index in [4.69, 9.17) is 28.9 Å². The van der Waals surface area contributed by atoms with Gasteiger partial charge in [-0.15, -0.1) is 0 Å². The molecular formula is C15H10Cl2F3N3O. The highest BCUT2D eigenvalue weighted by Crippen LogP contribution is 2.34. The first-order valence-corrected chi connectivity index (χ1v) is 7.19. The largest absolute Gasteiger partial charge is 0.417 e. The van der Waals surface area contributed by atoms with Crippen molar-refractivity contribution in [3.8, 4) is 0 Å². The van der Waals surface area contributed by atoms with E-state index in [9.17, 15) is 18.0 Å². The third kappa shape index (κ3) is 4.39. The van der Waals surface area contributed by atoms with Crippen LogP contribution in [0, 0.1) is 0 Å². The van der Waals surface area contributed by atoms with E-state index in [0.29, 0.717) is 5.02 Å². The number of alkyl halides is 3. The summed E-state index contributed by atoms with van der Waals surface area (Å²) >= 11 is 11.3. The highest BCUT2D eigenvalue weighted by Gasteiger charge is 2.33. The van der Waals surface area contributed by atoms with Crippen LogP contribution < -0.4 is 11.2 Å². The van der Waals surface area contributed by atoms with Gasteiger partial charge in [-0.3, -0.25) is 4.79 Å². The third-order valence-electron chi connectivity index (χ3n) is 2.94. The Hall–Kier alpha value is -2.25. The third-order valence-corrected chi connectivity index (χ3v) is 3.50. The number of amides is 1. The fourth-order valence-electron chi connectivity index (χ4n) is 1.79. The Balaban J connectivity index is 2.15. The van der Waals surface area contributed by atoms with Gasteiger partial charge in [0, 0.05) is 10.7 Å². The van der Waals surface area contributed by atoms with E-state index in [2.05, 4.69) is 10.5 Å². The van der Waals surface area contributed by atoms with Crippen LogP contribution in [0.25, 0.3) is 0 Å². The van der Waals surface area contributed by atoms with Gasteiger partial charge in [-0.1, -0.05) is 29.3 Å². The molecule has 2 rings (SSSR count). The number of hydrazone groups is 1. The molecule has 0 fully saturated rings. The lowest BCUT2D eigenvalue weighted by Crippen LogP contribution is -2.19. The number of rotatable bonds is 3. The van der Waals surface area contributed by atoms with E-state index in [0.717, 1.165) is 18.3 Å². The minimum atomic E-state index is -4.58. The standard InChI is InChI=1S/C15H10Cl2F3N3O/c16-9-2-4-13(21)10(6-9)14(24)23-22-7-8-1-3-12(17)11(5-8)15(18,19)20/h1-7H,21H2,(H,23,24)/b22-7-. The van der Waals surface area contributed by atoms with Gasteiger partial charge in [-0.2, -0.15) is 18.3 Å². The summed E-state index contributed by atoms with van der Waals surface area (Å²) in [6.07, 6.45) is -3.52. The average Bonchev–Trinajstić information content (AvgIpc) is 2.50. The summed E-state index contributed by atoms with van der Waals surface area (Å²) < 4.78 is 38.3. The number of carbonyl (C=O) groups excluding carboxylic acids is 1. The fourth-order valence-corrected chi connectivity index (χ4v) is 2.19. The van der Waals surface area contributed by atoms with Crippen molar-refractivity contribution in [1.29, 1.82) is 0 Å². The lowest BCUT2D eigenvalue weighted by molar-refractivity contribution is -0.137. The molecule has 2 aromatic rings. The molecule has 4 nitrogen and oxygen atoms in total. The first kappa shape index (κ1) is 18.1. The molecule has 0 atom stereocenters. The number of hydrogen-bond donors (Lipinski definition) is 2. The minimum absolute atomic E-state index is 0.103.